The number of hydrogen-bond donors (Lipinski definition) is 2. The van der Waals surface area contributed by atoms with E-state index in [-0.39, 0.29) is 23.3 Å². The average molecular weight is 391 g/mol. The third kappa shape index (κ3) is 3.65. The van der Waals surface area contributed by atoms with Gasteiger partial charge in [0.05, 0.1) is 11.3 Å². The summed E-state index contributed by atoms with van der Waals surface area (Å²) in [5.74, 6) is 1.03. The fourth-order valence-electron chi connectivity index (χ4n) is 3.74. The van der Waals surface area contributed by atoms with Gasteiger partial charge in [-0.1, -0.05) is 0 Å². The number of nitrogen functional groups attached to an aromatic ring is 1. The molecule has 3 N–H and O–H groups in total. The Hall–Kier alpha value is -3.06. The van der Waals surface area contributed by atoms with E-state index in [1.54, 1.807) is 25.7 Å². The first-order valence-corrected chi connectivity index (χ1v) is 9.63. The van der Waals surface area contributed by atoms with Crippen LogP contribution in [0.25, 0.3) is 22.0 Å². The molecule has 2 atom stereocenters. The number of ether oxygens (including phenoxy) is 1. The molecule has 0 spiro atoms. The SMILES string of the molecule is COC(C)(C)[C@@H]1C[C@H]1C(=O)Nc1cc2cc(-c3cnccc3C)nc(N)c2cn1. The molecular weight excluding hydrogens is 366 g/mol. The number of carbonyl (C=O) groups excluding carboxylic acids is 1. The lowest BCUT2D eigenvalue weighted by Crippen LogP contribution is -2.28. The van der Waals surface area contributed by atoms with Crippen molar-refractivity contribution in [1.82, 2.24) is 15.0 Å². The molecule has 1 amide bonds. The molecule has 1 fully saturated rings. The minimum Gasteiger partial charge on any atom is -0.383 e. The number of nitrogens with two attached hydrogens (primary N) is 1. The van der Waals surface area contributed by atoms with Crippen LogP contribution in [0, 0.1) is 18.8 Å². The maximum absolute atomic E-state index is 12.6. The van der Waals surface area contributed by atoms with Crippen LogP contribution in [0.1, 0.15) is 25.8 Å². The number of nitrogens with one attached hydrogen (secondary N) is 1. The lowest BCUT2D eigenvalue weighted by molar-refractivity contribution is -0.118. The number of pyridine rings is 3. The van der Waals surface area contributed by atoms with E-state index < -0.39 is 0 Å². The van der Waals surface area contributed by atoms with Crippen LogP contribution in [0.4, 0.5) is 11.6 Å². The molecule has 7 nitrogen and oxygen atoms in total. The van der Waals surface area contributed by atoms with Crippen LogP contribution >= 0.6 is 0 Å². The lowest BCUT2D eigenvalue weighted by atomic mass is 10.0. The second-order valence-corrected chi connectivity index (χ2v) is 8.12. The minimum absolute atomic E-state index is 0.0302. The molecule has 0 aliphatic heterocycles. The number of nitrogens with zero attached hydrogens (tertiary/aromatic N) is 3. The second kappa shape index (κ2) is 7.08. The fourth-order valence-corrected chi connectivity index (χ4v) is 3.74. The number of hydrogen-bond acceptors (Lipinski definition) is 6. The summed E-state index contributed by atoms with van der Waals surface area (Å²) in [4.78, 5) is 25.7. The van der Waals surface area contributed by atoms with Crippen molar-refractivity contribution in [2.45, 2.75) is 32.8 Å². The van der Waals surface area contributed by atoms with Crippen molar-refractivity contribution in [2.24, 2.45) is 11.8 Å². The Kier molecular flexibility index (Phi) is 4.70. The van der Waals surface area contributed by atoms with Gasteiger partial charge in [-0.05, 0) is 62.3 Å². The summed E-state index contributed by atoms with van der Waals surface area (Å²) in [6.45, 7) is 6.03. The summed E-state index contributed by atoms with van der Waals surface area (Å²) in [7, 11) is 1.68. The van der Waals surface area contributed by atoms with Crippen molar-refractivity contribution < 1.29 is 9.53 Å². The van der Waals surface area contributed by atoms with E-state index in [0.29, 0.717) is 11.6 Å². The average Bonchev–Trinajstić information content (AvgIpc) is 3.50. The van der Waals surface area contributed by atoms with Gasteiger partial charge < -0.3 is 15.8 Å². The van der Waals surface area contributed by atoms with Gasteiger partial charge in [0.2, 0.25) is 5.91 Å². The van der Waals surface area contributed by atoms with Gasteiger partial charge in [0, 0.05) is 42.6 Å². The fraction of sp³-hybridized carbons (Fsp3) is 0.364. The number of rotatable bonds is 5. The first-order chi connectivity index (χ1) is 13.8. The topological polar surface area (TPSA) is 103 Å². The van der Waals surface area contributed by atoms with Gasteiger partial charge in [-0.25, -0.2) is 9.97 Å². The molecule has 3 heterocycles. The van der Waals surface area contributed by atoms with Gasteiger partial charge in [0.25, 0.3) is 0 Å². The van der Waals surface area contributed by atoms with Gasteiger partial charge in [0.15, 0.2) is 0 Å². The largest absolute Gasteiger partial charge is 0.383 e. The maximum Gasteiger partial charge on any atom is 0.229 e. The first kappa shape index (κ1) is 19.3. The van der Waals surface area contributed by atoms with Gasteiger partial charge in [-0.3, -0.25) is 9.78 Å². The number of fused-ring (bicyclic) bond motifs is 1. The van der Waals surface area contributed by atoms with Crippen LogP contribution in [-0.2, 0) is 9.53 Å². The highest BCUT2D eigenvalue weighted by Crippen LogP contribution is 2.48. The Balaban J connectivity index is 1.61. The molecule has 0 saturated heterocycles. The van der Waals surface area contributed by atoms with Crippen molar-refractivity contribution in [1.29, 1.82) is 0 Å². The molecular formula is C22H25N5O2. The Morgan fingerprint density at radius 1 is 1.31 bits per heavy atom. The molecule has 150 valence electrons. The number of aryl methyl sites for hydroxylation is 1. The van der Waals surface area contributed by atoms with Crippen LogP contribution in [0.2, 0.25) is 0 Å². The molecule has 0 radical (unpaired) electrons. The summed E-state index contributed by atoms with van der Waals surface area (Å²) in [6, 6.07) is 5.71. The molecule has 7 heteroatoms. The van der Waals surface area contributed by atoms with E-state index in [9.17, 15) is 4.79 Å². The van der Waals surface area contributed by atoms with Crippen molar-refractivity contribution in [3.05, 3.63) is 42.4 Å². The Morgan fingerprint density at radius 2 is 2.10 bits per heavy atom. The number of carbonyl (C=O) groups is 1. The van der Waals surface area contributed by atoms with E-state index in [0.717, 1.165) is 34.0 Å². The third-order valence-corrected chi connectivity index (χ3v) is 5.86. The first-order valence-electron chi connectivity index (χ1n) is 9.63. The van der Waals surface area contributed by atoms with E-state index in [2.05, 4.69) is 20.3 Å². The molecule has 1 saturated carbocycles. The molecule has 29 heavy (non-hydrogen) atoms. The highest BCUT2D eigenvalue weighted by Gasteiger charge is 2.52. The van der Waals surface area contributed by atoms with E-state index in [4.69, 9.17) is 10.5 Å². The zero-order valence-electron chi connectivity index (χ0n) is 17.1. The normalized spacial score (nSPS) is 18.6. The molecule has 0 aromatic carbocycles. The standard InChI is InChI=1S/C22H25N5O2/c1-12-5-6-24-10-15(12)18-7-13-8-19(25-11-16(13)20(23)26-18)27-21(28)14-9-17(14)22(2,3)29-4/h5-8,10-11,14,17H,9H2,1-4H3,(H2,23,26)(H,25,27,28)/t14-,17-/m1/s1. The maximum atomic E-state index is 12.6. The zero-order valence-corrected chi connectivity index (χ0v) is 17.1. The van der Waals surface area contributed by atoms with E-state index in [1.165, 1.54) is 0 Å². The summed E-state index contributed by atoms with van der Waals surface area (Å²) in [5, 5.41) is 4.55. The van der Waals surface area contributed by atoms with E-state index >= 15 is 0 Å². The Bertz CT molecular complexity index is 1100. The molecule has 3 aromatic rings. The molecule has 1 aliphatic carbocycles. The van der Waals surface area contributed by atoms with Crippen molar-refractivity contribution in [3.63, 3.8) is 0 Å². The Labute approximate surface area is 169 Å². The monoisotopic (exact) mass is 391 g/mol. The number of anilines is 2. The zero-order chi connectivity index (χ0) is 20.8. The minimum atomic E-state index is -0.310. The second-order valence-electron chi connectivity index (χ2n) is 8.12. The van der Waals surface area contributed by atoms with Crippen LogP contribution < -0.4 is 11.1 Å². The van der Waals surface area contributed by atoms with Crippen molar-refractivity contribution in [3.8, 4) is 11.3 Å². The smallest absolute Gasteiger partial charge is 0.229 e. The summed E-state index contributed by atoms with van der Waals surface area (Å²) in [6.07, 6.45) is 5.99. The van der Waals surface area contributed by atoms with Crippen LogP contribution in [0.5, 0.6) is 0 Å². The number of aromatic nitrogens is 3. The Morgan fingerprint density at radius 3 is 2.83 bits per heavy atom. The molecule has 0 bridgehead atoms. The third-order valence-electron chi connectivity index (χ3n) is 5.86. The van der Waals surface area contributed by atoms with E-state index in [1.807, 2.05) is 39.0 Å². The van der Waals surface area contributed by atoms with Gasteiger partial charge in [-0.15, -0.1) is 0 Å². The summed E-state index contributed by atoms with van der Waals surface area (Å²) in [5.41, 5.74) is 8.58. The van der Waals surface area contributed by atoms with Crippen LogP contribution in [0.15, 0.2) is 36.8 Å². The van der Waals surface area contributed by atoms with Gasteiger partial charge in [0.1, 0.15) is 11.6 Å². The lowest BCUT2D eigenvalue weighted by Gasteiger charge is -2.22. The number of amides is 1. The van der Waals surface area contributed by atoms with Crippen molar-refractivity contribution >= 4 is 28.3 Å². The molecule has 3 aromatic heterocycles. The van der Waals surface area contributed by atoms with Crippen LogP contribution in [0.3, 0.4) is 0 Å². The van der Waals surface area contributed by atoms with Crippen LogP contribution in [-0.4, -0.2) is 33.6 Å². The predicted molar refractivity (Wildman–Crippen MR) is 113 cm³/mol. The van der Waals surface area contributed by atoms with Crippen molar-refractivity contribution in [2.75, 3.05) is 18.2 Å². The van der Waals surface area contributed by atoms with Gasteiger partial charge in [-0.2, -0.15) is 0 Å². The quantitative estimate of drug-likeness (QED) is 0.689. The highest BCUT2D eigenvalue weighted by atomic mass is 16.5. The molecule has 0 unspecified atom stereocenters. The van der Waals surface area contributed by atoms with Gasteiger partial charge >= 0.3 is 0 Å². The number of methoxy groups -OCH3 is 1. The summed E-state index contributed by atoms with van der Waals surface area (Å²) < 4.78 is 5.51. The molecule has 1 aliphatic rings. The predicted octanol–water partition coefficient (Wildman–Crippen LogP) is 3.58. The summed E-state index contributed by atoms with van der Waals surface area (Å²) >= 11 is 0. The highest BCUT2D eigenvalue weighted by molar-refractivity contribution is 5.98. The molecule has 4 rings (SSSR count).